The lowest BCUT2D eigenvalue weighted by Crippen LogP contribution is -2.25. The Morgan fingerprint density at radius 2 is 2.25 bits per heavy atom. The Bertz CT molecular complexity index is 450. The third-order valence-electron chi connectivity index (χ3n) is 2.87. The summed E-state index contributed by atoms with van der Waals surface area (Å²) in [6.45, 7) is 2.12. The normalized spacial score (nSPS) is 20.1. The van der Waals surface area contributed by atoms with Crippen molar-refractivity contribution in [3.63, 3.8) is 0 Å². The van der Waals surface area contributed by atoms with E-state index in [-0.39, 0.29) is 17.9 Å². The van der Waals surface area contributed by atoms with Gasteiger partial charge in [-0.05, 0) is 30.2 Å². The van der Waals surface area contributed by atoms with E-state index < -0.39 is 0 Å². The van der Waals surface area contributed by atoms with Crippen LogP contribution in [0.4, 0.5) is 9.18 Å². The average Bonchev–Trinajstić information content (AvgIpc) is 2.54. The molecule has 1 aromatic rings. The van der Waals surface area contributed by atoms with Crippen molar-refractivity contribution in [2.24, 2.45) is 0 Å². The summed E-state index contributed by atoms with van der Waals surface area (Å²) in [6, 6.07) is 2.62. The van der Waals surface area contributed by atoms with Gasteiger partial charge < -0.3 is 10.2 Å². The number of likely N-dealkylation sites (N-methyl/N-ethyl adjacent to an activating group) is 1. The zero-order valence-electron chi connectivity index (χ0n) is 9.05. The first-order valence-corrected chi connectivity index (χ1v) is 5.34. The highest BCUT2D eigenvalue weighted by molar-refractivity contribution is 6.31. The minimum Gasteiger partial charge on any atom is -0.336 e. The number of amides is 2. The van der Waals surface area contributed by atoms with Crippen LogP contribution < -0.4 is 5.32 Å². The van der Waals surface area contributed by atoms with Crippen LogP contribution in [0.3, 0.4) is 0 Å². The van der Waals surface area contributed by atoms with Crippen LogP contribution in [0.1, 0.15) is 17.2 Å². The van der Waals surface area contributed by atoms with Gasteiger partial charge in [0.1, 0.15) is 5.82 Å². The molecule has 1 aliphatic heterocycles. The molecule has 0 aliphatic carbocycles. The SMILES string of the molecule is Cc1cc(Cl)c(C2CNC(=O)N2C)cc1F. The maximum atomic E-state index is 13.5. The molecule has 1 atom stereocenters. The van der Waals surface area contributed by atoms with Crippen molar-refractivity contribution in [1.29, 1.82) is 0 Å². The summed E-state index contributed by atoms with van der Waals surface area (Å²) in [4.78, 5) is 12.8. The van der Waals surface area contributed by atoms with Crippen LogP contribution in [0.25, 0.3) is 0 Å². The van der Waals surface area contributed by atoms with Crippen molar-refractivity contribution in [3.05, 3.63) is 34.1 Å². The third-order valence-corrected chi connectivity index (χ3v) is 3.20. The minimum absolute atomic E-state index is 0.165. The summed E-state index contributed by atoms with van der Waals surface area (Å²) in [7, 11) is 1.67. The maximum absolute atomic E-state index is 13.5. The summed E-state index contributed by atoms with van der Waals surface area (Å²) in [5.74, 6) is -0.299. The summed E-state index contributed by atoms with van der Waals surface area (Å²) in [5, 5.41) is 3.18. The summed E-state index contributed by atoms with van der Waals surface area (Å²) >= 11 is 6.06. The highest BCUT2D eigenvalue weighted by atomic mass is 35.5. The number of aryl methyl sites for hydroxylation is 1. The second-order valence-electron chi connectivity index (χ2n) is 3.94. The minimum atomic E-state index is -0.299. The topological polar surface area (TPSA) is 32.3 Å². The lowest BCUT2D eigenvalue weighted by Gasteiger charge is -2.19. The molecule has 0 radical (unpaired) electrons. The fraction of sp³-hybridized carbons (Fsp3) is 0.364. The van der Waals surface area contributed by atoms with Crippen molar-refractivity contribution in [2.45, 2.75) is 13.0 Å². The number of carbonyl (C=O) groups is 1. The van der Waals surface area contributed by atoms with Crippen molar-refractivity contribution in [1.82, 2.24) is 10.2 Å². The van der Waals surface area contributed by atoms with Gasteiger partial charge in [0.05, 0.1) is 6.04 Å². The molecule has 1 aromatic carbocycles. The summed E-state index contributed by atoms with van der Waals surface area (Å²) in [6.07, 6.45) is 0. The van der Waals surface area contributed by atoms with E-state index in [9.17, 15) is 9.18 Å². The fourth-order valence-electron chi connectivity index (χ4n) is 1.82. The Kier molecular flexibility index (Phi) is 2.76. The molecule has 0 aromatic heterocycles. The highest BCUT2D eigenvalue weighted by Crippen LogP contribution is 2.30. The van der Waals surface area contributed by atoms with Crippen LogP contribution in [0.5, 0.6) is 0 Å². The number of carbonyl (C=O) groups excluding carboxylic acids is 1. The van der Waals surface area contributed by atoms with Crippen LogP contribution in [0.2, 0.25) is 5.02 Å². The van der Waals surface area contributed by atoms with Gasteiger partial charge in [0.25, 0.3) is 0 Å². The fourth-order valence-corrected chi connectivity index (χ4v) is 2.17. The van der Waals surface area contributed by atoms with E-state index in [1.54, 1.807) is 20.0 Å². The van der Waals surface area contributed by atoms with E-state index in [0.29, 0.717) is 22.7 Å². The lowest BCUT2D eigenvalue weighted by atomic mass is 10.0. The van der Waals surface area contributed by atoms with Gasteiger partial charge in [-0.15, -0.1) is 0 Å². The second-order valence-corrected chi connectivity index (χ2v) is 4.34. The van der Waals surface area contributed by atoms with E-state index in [2.05, 4.69) is 5.32 Å². The van der Waals surface area contributed by atoms with Gasteiger partial charge in [-0.25, -0.2) is 9.18 Å². The summed E-state index contributed by atoms with van der Waals surface area (Å²) in [5.41, 5.74) is 1.15. The zero-order chi connectivity index (χ0) is 11.9. The molecule has 1 saturated heterocycles. The van der Waals surface area contributed by atoms with Gasteiger partial charge in [-0.3, -0.25) is 0 Å². The first kappa shape index (κ1) is 11.2. The molecule has 86 valence electrons. The molecule has 0 saturated carbocycles. The number of halogens is 2. The van der Waals surface area contributed by atoms with Crippen molar-refractivity contribution in [3.8, 4) is 0 Å². The molecule has 3 nitrogen and oxygen atoms in total. The van der Waals surface area contributed by atoms with E-state index in [4.69, 9.17) is 11.6 Å². The molecule has 1 unspecified atom stereocenters. The Morgan fingerprint density at radius 3 is 2.81 bits per heavy atom. The summed E-state index contributed by atoms with van der Waals surface area (Å²) < 4.78 is 13.5. The van der Waals surface area contributed by atoms with Gasteiger partial charge in [-0.1, -0.05) is 11.6 Å². The quantitative estimate of drug-likeness (QED) is 0.806. The number of benzene rings is 1. The molecular weight excluding hydrogens is 231 g/mol. The van der Waals surface area contributed by atoms with Gasteiger partial charge in [0, 0.05) is 18.6 Å². The van der Waals surface area contributed by atoms with Crippen LogP contribution >= 0.6 is 11.6 Å². The Morgan fingerprint density at radius 1 is 1.56 bits per heavy atom. The van der Waals surface area contributed by atoms with Gasteiger partial charge >= 0.3 is 6.03 Å². The van der Waals surface area contributed by atoms with Crippen LogP contribution in [-0.4, -0.2) is 24.5 Å². The predicted molar refractivity (Wildman–Crippen MR) is 60.0 cm³/mol. The van der Waals surface area contributed by atoms with Gasteiger partial charge in [-0.2, -0.15) is 0 Å². The van der Waals surface area contributed by atoms with Gasteiger partial charge in [0.15, 0.2) is 0 Å². The van der Waals surface area contributed by atoms with E-state index in [1.165, 1.54) is 11.0 Å². The largest absolute Gasteiger partial charge is 0.336 e. The molecule has 1 aliphatic rings. The first-order chi connectivity index (χ1) is 7.50. The lowest BCUT2D eigenvalue weighted by molar-refractivity contribution is 0.216. The number of hydrogen-bond donors (Lipinski definition) is 1. The molecule has 0 bridgehead atoms. The molecule has 1 fully saturated rings. The second kappa shape index (κ2) is 3.94. The molecule has 5 heteroatoms. The van der Waals surface area contributed by atoms with Crippen LogP contribution in [-0.2, 0) is 0 Å². The molecular formula is C11H12ClFN2O. The number of urea groups is 1. The molecule has 16 heavy (non-hydrogen) atoms. The van der Waals surface area contributed by atoms with Crippen molar-refractivity contribution >= 4 is 17.6 Å². The number of hydrogen-bond acceptors (Lipinski definition) is 1. The Hall–Kier alpha value is -1.29. The molecule has 2 amide bonds. The van der Waals surface area contributed by atoms with E-state index in [1.807, 2.05) is 0 Å². The van der Waals surface area contributed by atoms with Gasteiger partial charge in [0.2, 0.25) is 0 Å². The molecule has 1 N–H and O–H groups in total. The van der Waals surface area contributed by atoms with Crippen molar-refractivity contribution in [2.75, 3.05) is 13.6 Å². The Labute approximate surface area is 98.2 Å². The number of nitrogens with one attached hydrogen (secondary N) is 1. The Balaban J connectivity index is 2.41. The third kappa shape index (κ3) is 1.73. The van der Waals surface area contributed by atoms with Crippen LogP contribution in [0.15, 0.2) is 12.1 Å². The van der Waals surface area contributed by atoms with E-state index >= 15 is 0 Å². The van der Waals surface area contributed by atoms with E-state index in [0.717, 1.165) is 0 Å². The predicted octanol–water partition coefficient (Wildman–Crippen LogP) is 2.48. The molecule has 0 spiro atoms. The monoisotopic (exact) mass is 242 g/mol. The average molecular weight is 243 g/mol. The number of nitrogens with zero attached hydrogens (tertiary/aromatic N) is 1. The van der Waals surface area contributed by atoms with Crippen molar-refractivity contribution < 1.29 is 9.18 Å². The number of rotatable bonds is 1. The molecule has 1 heterocycles. The zero-order valence-corrected chi connectivity index (χ0v) is 9.81. The smallest absolute Gasteiger partial charge is 0.317 e. The highest BCUT2D eigenvalue weighted by Gasteiger charge is 2.30. The standard InChI is InChI=1S/C11H12ClFN2O/c1-6-3-8(12)7(4-9(6)13)10-5-14-11(16)15(10)2/h3-4,10H,5H2,1-2H3,(H,14,16). The maximum Gasteiger partial charge on any atom is 0.317 e. The molecule has 2 rings (SSSR count). The van der Waals surface area contributed by atoms with Crippen LogP contribution in [0, 0.1) is 12.7 Å². The first-order valence-electron chi connectivity index (χ1n) is 4.97.